The number of aromatic nitrogens is 2. The molecule has 0 aliphatic heterocycles. The number of H-pyrrole nitrogens is 1. The summed E-state index contributed by atoms with van der Waals surface area (Å²) in [4.78, 5) is 18.4. The number of aromatic amines is 1. The van der Waals surface area contributed by atoms with Crippen LogP contribution in [0, 0.1) is 5.92 Å². The molecular weight excluding hydrogens is 166 g/mol. The molecule has 1 saturated carbocycles. The minimum absolute atomic E-state index is 0.0110. The van der Waals surface area contributed by atoms with Gasteiger partial charge in [-0.2, -0.15) is 0 Å². The number of nitrogens with one attached hydrogen (secondary N) is 2. The third-order valence-electron chi connectivity index (χ3n) is 2.24. The van der Waals surface area contributed by atoms with Gasteiger partial charge in [-0.3, -0.25) is 4.79 Å². The van der Waals surface area contributed by atoms with Crippen LogP contribution in [-0.4, -0.2) is 15.9 Å². The second kappa shape index (κ2) is 3.20. The number of nitrogens with zero attached hydrogens (tertiary/aromatic N) is 1. The molecule has 4 nitrogen and oxygen atoms in total. The van der Waals surface area contributed by atoms with Crippen LogP contribution in [0.4, 0.5) is 0 Å². The Labute approximate surface area is 76.8 Å². The van der Waals surface area contributed by atoms with Gasteiger partial charge in [0.1, 0.15) is 5.82 Å². The molecule has 0 saturated heterocycles. The van der Waals surface area contributed by atoms with Crippen molar-refractivity contribution >= 4 is 5.91 Å². The van der Waals surface area contributed by atoms with Crippen molar-refractivity contribution in [2.45, 2.75) is 25.8 Å². The first-order valence-corrected chi connectivity index (χ1v) is 4.57. The molecule has 2 rings (SSSR count). The Balaban J connectivity index is 1.90. The summed E-state index contributed by atoms with van der Waals surface area (Å²) in [6.07, 6.45) is 5.53. The van der Waals surface area contributed by atoms with E-state index < -0.39 is 0 Å². The van der Waals surface area contributed by atoms with Gasteiger partial charge in [0.25, 0.3) is 0 Å². The molecule has 0 bridgehead atoms. The summed E-state index contributed by atoms with van der Waals surface area (Å²) in [7, 11) is 0. The predicted molar refractivity (Wildman–Crippen MR) is 47.9 cm³/mol. The van der Waals surface area contributed by atoms with Crippen LogP contribution in [0.25, 0.3) is 0 Å². The molecule has 1 atom stereocenters. The molecule has 4 heteroatoms. The molecular formula is C9H13N3O. The molecule has 70 valence electrons. The van der Waals surface area contributed by atoms with E-state index >= 15 is 0 Å². The number of hydrogen-bond acceptors (Lipinski definition) is 2. The predicted octanol–water partition coefficient (Wildman–Crippen LogP) is 0.997. The Bertz CT molecular complexity index is 290. The van der Waals surface area contributed by atoms with Gasteiger partial charge in [0, 0.05) is 18.3 Å². The zero-order valence-corrected chi connectivity index (χ0v) is 7.58. The van der Waals surface area contributed by atoms with Crippen molar-refractivity contribution in [3.05, 3.63) is 18.2 Å². The van der Waals surface area contributed by atoms with Crippen molar-refractivity contribution in [2.24, 2.45) is 5.92 Å². The maximum atomic E-state index is 11.4. The summed E-state index contributed by atoms with van der Waals surface area (Å²) in [5, 5.41) is 2.91. The molecule has 0 radical (unpaired) electrons. The van der Waals surface area contributed by atoms with Gasteiger partial charge < -0.3 is 10.3 Å². The van der Waals surface area contributed by atoms with Crippen LogP contribution in [-0.2, 0) is 4.79 Å². The SMILES string of the molecule is CC(NC(=O)C1CC1)c1ncc[nH]1. The molecule has 0 spiro atoms. The van der Waals surface area contributed by atoms with Crippen LogP contribution in [0.15, 0.2) is 12.4 Å². The number of carbonyl (C=O) groups is 1. The third kappa shape index (κ3) is 1.88. The van der Waals surface area contributed by atoms with E-state index in [9.17, 15) is 4.79 Å². The standard InChI is InChI=1S/C9H13N3O/c1-6(8-10-4-5-11-8)12-9(13)7-2-3-7/h4-7H,2-3H2,1H3,(H,10,11)(H,12,13). The summed E-state index contributed by atoms with van der Waals surface area (Å²) >= 11 is 0. The number of amides is 1. The number of rotatable bonds is 3. The molecule has 1 aliphatic rings. The van der Waals surface area contributed by atoms with E-state index in [4.69, 9.17) is 0 Å². The minimum atomic E-state index is -0.0110. The van der Waals surface area contributed by atoms with Crippen molar-refractivity contribution in [1.29, 1.82) is 0 Å². The summed E-state index contributed by atoms with van der Waals surface area (Å²) in [6, 6.07) is -0.0110. The van der Waals surface area contributed by atoms with Crippen LogP contribution in [0.2, 0.25) is 0 Å². The highest BCUT2D eigenvalue weighted by molar-refractivity contribution is 5.81. The monoisotopic (exact) mass is 179 g/mol. The van der Waals surface area contributed by atoms with E-state index in [0.717, 1.165) is 18.7 Å². The molecule has 1 amide bonds. The van der Waals surface area contributed by atoms with Crippen molar-refractivity contribution < 1.29 is 4.79 Å². The highest BCUT2D eigenvalue weighted by Crippen LogP contribution is 2.29. The smallest absolute Gasteiger partial charge is 0.223 e. The molecule has 2 N–H and O–H groups in total. The zero-order valence-electron chi connectivity index (χ0n) is 7.58. The second-order valence-electron chi connectivity index (χ2n) is 3.48. The van der Waals surface area contributed by atoms with Crippen molar-refractivity contribution in [2.75, 3.05) is 0 Å². The zero-order chi connectivity index (χ0) is 9.26. The fourth-order valence-corrected chi connectivity index (χ4v) is 1.26. The van der Waals surface area contributed by atoms with Crippen LogP contribution in [0.5, 0.6) is 0 Å². The Morgan fingerprint density at radius 1 is 1.77 bits per heavy atom. The number of hydrogen-bond donors (Lipinski definition) is 2. The Morgan fingerprint density at radius 2 is 2.54 bits per heavy atom. The second-order valence-corrected chi connectivity index (χ2v) is 3.48. The van der Waals surface area contributed by atoms with Crippen molar-refractivity contribution in [3.8, 4) is 0 Å². The molecule has 1 heterocycles. The highest BCUT2D eigenvalue weighted by Gasteiger charge is 2.30. The fourth-order valence-electron chi connectivity index (χ4n) is 1.26. The largest absolute Gasteiger partial charge is 0.347 e. The van der Waals surface area contributed by atoms with Gasteiger partial charge in [0.2, 0.25) is 5.91 Å². The third-order valence-corrected chi connectivity index (χ3v) is 2.24. The van der Waals surface area contributed by atoms with Crippen molar-refractivity contribution in [1.82, 2.24) is 15.3 Å². The Kier molecular flexibility index (Phi) is 2.04. The van der Waals surface area contributed by atoms with E-state index in [2.05, 4.69) is 15.3 Å². The molecule has 13 heavy (non-hydrogen) atoms. The molecule has 0 aromatic carbocycles. The summed E-state index contributed by atoms with van der Waals surface area (Å²) in [5.74, 6) is 1.23. The first kappa shape index (κ1) is 8.29. The topological polar surface area (TPSA) is 57.8 Å². The number of carbonyl (C=O) groups excluding carboxylic acids is 1. The van der Waals surface area contributed by atoms with Crippen LogP contribution >= 0.6 is 0 Å². The fraction of sp³-hybridized carbons (Fsp3) is 0.556. The lowest BCUT2D eigenvalue weighted by Crippen LogP contribution is -2.28. The first-order chi connectivity index (χ1) is 6.27. The minimum Gasteiger partial charge on any atom is -0.347 e. The van der Waals surface area contributed by atoms with E-state index in [1.54, 1.807) is 12.4 Å². The molecule has 1 aliphatic carbocycles. The summed E-state index contributed by atoms with van der Waals surface area (Å²) in [6.45, 7) is 1.93. The average molecular weight is 179 g/mol. The van der Waals surface area contributed by atoms with Gasteiger partial charge in [-0.1, -0.05) is 0 Å². The van der Waals surface area contributed by atoms with Gasteiger partial charge >= 0.3 is 0 Å². The molecule has 1 aromatic heterocycles. The van der Waals surface area contributed by atoms with E-state index in [0.29, 0.717) is 0 Å². The van der Waals surface area contributed by atoms with Gasteiger partial charge in [-0.05, 0) is 19.8 Å². The van der Waals surface area contributed by atoms with Gasteiger partial charge in [-0.15, -0.1) is 0 Å². The maximum absolute atomic E-state index is 11.4. The summed E-state index contributed by atoms with van der Waals surface area (Å²) in [5.41, 5.74) is 0. The normalized spacial score (nSPS) is 18.2. The first-order valence-electron chi connectivity index (χ1n) is 4.57. The number of imidazole rings is 1. The molecule has 1 fully saturated rings. The highest BCUT2D eigenvalue weighted by atomic mass is 16.2. The van der Waals surface area contributed by atoms with E-state index in [1.165, 1.54) is 0 Å². The maximum Gasteiger partial charge on any atom is 0.223 e. The molecule has 1 aromatic rings. The van der Waals surface area contributed by atoms with Gasteiger partial charge in [0.15, 0.2) is 0 Å². The average Bonchev–Trinajstić information content (AvgIpc) is 2.81. The van der Waals surface area contributed by atoms with Crippen molar-refractivity contribution in [3.63, 3.8) is 0 Å². The van der Waals surface area contributed by atoms with Crippen LogP contribution in [0.3, 0.4) is 0 Å². The lowest BCUT2D eigenvalue weighted by atomic mass is 10.3. The van der Waals surface area contributed by atoms with E-state index in [1.807, 2.05) is 6.92 Å². The van der Waals surface area contributed by atoms with Gasteiger partial charge in [-0.25, -0.2) is 4.98 Å². The Hall–Kier alpha value is -1.32. The quantitative estimate of drug-likeness (QED) is 0.727. The molecule has 1 unspecified atom stereocenters. The van der Waals surface area contributed by atoms with E-state index in [-0.39, 0.29) is 17.9 Å². The summed E-state index contributed by atoms with van der Waals surface area (Å²) < 4.78 is 0. The lowest BCUT2D eigenvalue weighted by molar-refractivity contribution is -0.123. The van der Waals surface area contributed by atoms with Crippen LogP contribution < -0.4 is 5.32 Å². The van der Waals surface area contributed by atoms with Crippen LogP contribution in [0.1, 0.15) is 31.6 Å². The lowest BCUT2D eigenvalue weighted by Gasteiger charge is -2.10. The Morgan fingerprint density at radius 3 is 3.08 bits per heavy atom. The van der Waals surface area contributed by atoms with Gasteiger partial charge in [0.05, 0.1) is 6.04 Å².